The van der Waals surface area contributed by atoms with E-state index in [9.17, 15) is 14.7 Å². The summed E-state index contributed by atoms with van der Waals surface area (Å²) in [6.45, 7) is 3.98. The Labute approximate surface area is 159 Å². The monoisotopic (exact) mass is 372 g/mol. The number of ketones is 1. The highest BCUT2D eigenvalue weighted by Gasteiger charge is 2.17. The second-order valence-corrected chi connectivity index (χ2v) is 7.16. The molecule has 0 aliphatic heterocycles. The van der Waals surface area contributed by atoms with Gasteiger partial charge in [-0.2, -0.15) is 0 Å². The van der Waals surface area contributed by atoms with Gasteiger partial charge in [-0.25, -0.2) is 0 Å². The minimum Gasteiger partial charge on any atom is -0.466 e. The molecule has 0 amide bonds. The molecule has 0 fully saturated rings. The normalized spacial score (nSPS) is 13.4. The van der Waals surface area contributed by atoms with Crippen LogP contribution < -0.4 is 0 Å². The van der Waals surface area contributed by atoms with Crippen LogP contribution in [0.3, 0.4) is 0 Å². The Hall–Kier alpha value is -0.940. The van der Waals surface area contributed by atoms with Gasteiger partial charge in [-0.1, -0.05) is 51.9 Å². The molecule has 2 N–H and O–H groups in total. The fraction of sp³-hybridized carbons (Fsp3) is 0.905. The first-order valence-electron chi connectivity index (χ1n) is 10.5. The first-order chi connectivity index (χ1) is 12.5. The smallest absolute Gasteiger partial charge is 0.305 e. The molecule has 0 saturated carbocycles. The van der Waals surface area contributed by atoms with Crippen LogP contribution in [0, 0.1) is 5.92 Å². The number of Topliss-reactive ketones (excluding diaryl/α,β-unsaturated/α-hetero) is 1. The van der Waals surface area contributed by atoms with Crippen molar-refractivity contribution in [3.63, 3.8) is 0 Å². The van der Waals surface area contributed by atoms with Gasteiger partial charge in [-0.15, -0.1) is 0 Å². The van der Waals surface area contributed by atoms with E-state index < -0.39 is 6.61 Å². The second kappa shape index (κ2) is 17.5. The van der Waals surface area contributed by atoms with Crippen molar-refractivity contribution < 1.29 is 24.5 Å². The molecule has 0 aromatic carbocycles. The summed E-state index contributed by atoms with van der Waals surface area (Å²) in [4.78, 5) is 23.2. The summed E-state index contributed by atoms with van der Waals surface area (Å²) in [5, 5.41) is 19.1. The van der Waals surface area contributed by atoms with Gasteiger partial charge in [0.15, 0.2) is 5.78 Å². The third-order valence-electron chi connectivity index (χ3n) is 4.83. The largest absolute Gasteiger partial charge is 0.466 e. The molecule has 0 aliphatic rings. The summed E-state index contributed by atoms with van der Waals surface area (Å²) in [5.41, 5.74) is 0. The standard InChI is InChI=1S/C21H40O5/c1-3-5-8-14-19(23)15-11-13-18(20(24)17-22)12-9-6-7-10-16-21(25)26-4-2/h18-19,22-23H,3-17H2,1-2H3. The van der Waals surface area contributed by atoms with Gasteiger partial charge in [0.25, 0.3) is 0 Å². The van der Waals surface area contributed by atoms with Gasteiger partial charge >= 0.3 is 5.97 Å². The van der Waals surface area contributed by atoms with Gasteiger partial charge in [0.05, 0.1) is 12.7 Å². The zero-order chi connectivity index (χ0) is 19.6. The molecule has 0 heterocycles. The van der Waals surface area contributed by atoms with E-state index in [1.807, 2.05) is 0 Å². The Bertz CT molecular complexity index is 356. The number of aliphatic hydroxyl groups is 2. The number of hydrogen-bond donors (Lipinski definition) is 2. The Morgan fingerprint density at radius 1 is 0.846 bits per heavy atom. The number of hydrogen-bond acceptors (Lipinski definition) is 5. The Balaban J connectivity index is 3.89. The van der Waals surface area contributed by atoms with Crippen molar-refractivity contribution in [2.45, 2.75) is 103 Å². The Morgan fingerprint density at radius 3 is 2.12 bits per heavy atom. The molecular formula is C21H40O5. The maximum Gasteiger partial charge on any atom is 0.305 e. The molecule has 0 bridgehead atoms. The van der Waals surface area contributed by atoms with E-state index in [1.54, 1.807) is 6.92 Å². The summed E-state index contributed by atoms with van der Waals surface area (Å²) in [6, 6.07) is 0. The molecule has 26 heavy (non-hydrogen) atoms. The van der Waals surface area contributed by atoms with Crippen LogP contribution in [0.1, 0.15) is 97.3 Å². The van der Waals surface area contributed by atoms with Crippen LogP contribution in [0.2, 0.25) is 0 Å². The number of carbonyl (C=O) groups is 2. The molecule has 154 valence electrons. The summed E-state index contributed by atoms with van der Waals surface area (Å²) in [5.74, 6) is -0.330. The van der Waals surface area contributed by atoms with E-state index in [0.29, 0.717) is 13.0 Å². The Morgan fingerprint density at radius 2 is 1.46 bits per heavy atom. The van der Waals surface area contributed by atoms with Crippen LogP contribution in [-0.4, -0.2) is 41.3 Å². The zero-order valence-corrected chi connectivity index (χ0v) is 16.9. The van der Waals surface area contributed by atoms with E-state index in [4.69, 9.17) is 9.84 Å². The third-order valence-corrected chi connectivity index (χ3v) is 4.83. The number of unbranched alkanes of at least 4 members (excludes halogenated alkanes) is 5. The summed E-state index contributed by atoms with van der Waals surface area (Å²) < 4.78 is 4.90. The fourth-order valence-electron chi connectivity index (χ4n) is 3.22. The topological polar surface area (TPSA) is 83.8 Å². The molecule has 2 atom stereocenters. The summed E-state index contributed by atoms with van der Waals surface area (Å²) >= 11 is 0. The molecule has 0 aromatic heterocycles. The van der Waals surface area contributed by atoms with Crippen LogP contribution in [0.5, 0.6) is 0 Å². The van der Waals surface area contributed by atoms with Crippen LogP contribution in [0.25, 0.3) is 0 Å². The average molecular weight is 373 g/mol. The predicted molar refractivity (Wildman–Crippen MR) is 104 cm³/mol. The van der Waals surface area contributed by atoms with Crippen molar-refractivity contribution in [2.75, 3.05) is 13.2 Å². The summed E-state index contributed by atoms with van der Waals surface area (Å²) in [6.07, 6.45) is 11.2. The van der Waals surface area contributed by atoms with Crippen molar-refractivity contribution in [3.05, 3.63) is 0 Å². The SMILES string of the molecule is CCCCCC(O)CCCC(CCCCCCC(=O)OCC)C(=O)CO. The molecule has 0 saturated heterocycles. The quantitative estimate of drug-likeness (QED) is 0.278. The summed E-state index contributed by atoms with van der Waals surface area (Å²) in [7, 11) is 0. The predicted octanol–water partition coefficient (Wildman–Crippen LogP) is 4.18. The number of ether oxygens (including phenoxy) is 1. The second-order valence-electron chi connectivity index (χ2n) is 7.16. The lowest BCUT2D eigenvalue weighted by atomic mass is 9.90. The average Bonchev–Trinajstić information content (AvgIpc) is 2.62. The molecule has 0 aromatic rings. The molecule has 0 rings (SSSR count). The van der Waals surface area contributed by atoms with E-state index in [2.05, 4.69) is 6.92 Å². The van der Waals surface area contributed by atoms with Crippen molar-refractivity contribution in [1.82, 2.24) is 0 Å². The molecule has 0 radical (unpaired) electrons. The van der Waals surface area contributed by atoms with Crippen LogP contribution >= 0.6 is 0 Å². The highest BCUT2D eigenvalue weighted by molar-refractivity contribution is 5.81. The Kier molecular flexibility index (Phi) is 16.8. The molecule has 2 unspecified atom stereocenters. The number of esters is 1. The maximum atomic E-state index is 11.9. The highest BCUT2D eigenvalue weighted by atomic mass is 16.5. The molecule has 0 aliphatic carbocycles. The minimum atomic E-state index is -0.396. The van der Waals surface area contributed by atoms with Crippen LogP contribution in [0.4, 0.5) is 0 Å². The van der Waals surface area contributed by atoms with Crippen molar-refractivity contribution >= 4 is 11.8 Å². The first-order valence-corrected chi connectivity index (χ1v) is 10.5. The molecular weight excluding hydrogens is 332 g/mol. The van der Waals surface area contributed by atoms with E-state index in [1.165, 1.54) is 0 Å². The van der Waals surface area contributed by atoms with E-state index in [0.717, 1.165) is 77.0 Å². The van der Waals surface area contributed by atoms with Crippen molar-refractivity contribution in [3.8, 4) is 0 Å². The van der Waals surface area contributed by atoms with Gasteiger partial charge in [0.2, 0.25) is 0 Å². The molecule has 5 heteroatoms. The molecule has 0 spiro atoms. The van der Waals surface area contributed by atoms with Gasteiger partial charge < -0.3 is 14.9 Å². The van der Waals surface area contributed by atoms with Crippen molar-refractivity contribution in [2.24, 2.45) is 5.92 Å². The lowest BCUT2D eigenvalue weighted by Crippen LogP contribution is -2.19. The van der Waals surface area contributed by atoms with Crippen LogP contribution in [0.15, 0.2) is 0 Å². The van der Waals surface area contributed by atoms with Gasteiger partial charge in [-0.05, 0) is 39.0 Å². The number of rotatable bonds is 18. The van der Waals surface area contributed by atoms with E-state index >= 15 is 0 Å². The number of carbonyl (C=O) groups excluding carboxylic acids is 2. The first kappa shape index (κ1) is 25.1. The fourth-order valence-corrected chi connectivity index (χ4v) is 3.22. The maximum absolute atomic E-state index is 11.9. The van der Waals surface area contributed by atoms with E-state index in [-0.39, 0.29) is 23.8 Å². The number of aliphatic hydroxyl groups excluding tert-OH is 2. The van der Waals surface area contributed by atoms with Crippen molar-refractivity contribution in [1.29, 1.82) is 0 Å². The minimum absolute atomic E-state index is 0.0861. The van der Waals surface area contributed by atoms with Crippen LogP contribution in [-0.2, 0) is 14.3 Å². The molecule has 5 nitrogen and oxygen atoms in total. The lowest BCUT2D eigenvalue weighted by molar-refractivity contribution is -0.143. The van der Waals surface area contributed by atoms with Gasteiger partial charge in [0, 0.05) is 12.3 Å². The van der Waals surface area contributed by atoms with Gasteiger partial charge in [0.1, 0.15) is 6.61 Å². The third kappa shape index (κ3) is 14.3. The highest BCUT2D eigenvalue weighted by Crippen LogP contribution is 2.20. The zero-order valence-electron chi connectivity index (χ0n) is 16.9. The van der Waals surface area contributed by atoms with Gasteiger partial charge in [-0.3, -0.25) is 9.59 Å². The lowest BCUT2D eigenvalue weighted by Gasteiger charge is -2.16.